The first kappa shape index (κ1) is 20.3. The molecule has 0 spiro atoms. The molecule has 182 valence electrons. The maximum atomic E-state index is 7.54. The second-order valence-electron chi connectivity index (χ2n) is 10.1. The fourth-order valence-corrected chi connectivity index (χ4v) is 4.89. The van der Waals surface area contributed by atoms with Crippen LogP contribution in [0.5, 0.6) is 5.75 Å². The topological polar surface area (TPSA) is 90.2 Å². The average Bonchev–Trinajstić information content (AvgIpc) is 3.31. The third kappa shape index (κ3) is 5.37. The Kier molecular flexibility index (Phi) is 5.57. The Balaban J connectivity index is 1.60. The van der Waals surface area contributed by atoms with Crippen LogP contribution in [-0.4, -0.2) is 63.0 Å². The molecule has 0 aliphatic carbocycles. The number of aryl methyl sites for hydroxylation is 1. The van der Waals surface area contributed by atoms with E-state index >= 15 is 0 Å². The van der Waals surface area contributed by atoms with E-state index in [2.05, 4.69) is 58.2 Å². The molecule has 0 radical (unpaired) electrons. The lowest BCUT2D eigenvalue weighted by Crippen LogP contribution is -2.62. The third-order valence-corrected chi connectivity index (χ3v) is 6.09. The highest BCUT2D eigenvalue weighted by atomic mass is 16.7. The summed E-state index contributed by atoms with van der Waals surface area (Å²) in [6.07, 6.45) is 6.62. The van der Waals surface area contributed by atoms with Crippen LogP contribution in [-0.2, 0) is 11.7 Å². The molecule has 0 amide bonds. The molecule has 1 saturated heterocycles. The van der Waals surface area contributed by atoms with E-state index in [0.717, 1.165) is 23.1 Å². The summed E-state index contributed by atoms with van der Waals surface area (Å²) in [5, 5.41) is 16.6. The Morgan fingerprint density at radius 2 is 1.91 bits per heavy atom. The molecule has 1 aromatic carbocycles. The van der Waals surface area contributed by atoms with Crippen LogP contribution in [0.4, 0.5) is 5.95 Å². The molecule has 1 aliphatic heterocycles. The predicted octanol–water partition coefficient (Wildman–Crippen LogP) is 3.67. The Morgan fingerprint density at radius 1 is 1.15 bits per heavy atom. The van der Waals surface area contributed by atoms with Gasteiger partial charge in [-0.2, -0.15) is 5.10 Å². The van der Waals surface area contributed by atoms with Gasteiger partial charge in [0.2, 0.25) is 5.95 Å². The van der Waals surface area contributed by atoms with Crippen molar-refractivity contribution >= 4 is 5.95 Å². The van der Waals surface area contributed by atoms with Crippen LogP contribution >= 0.6 is 0 Å². The van der Waals surface area contributed by atoms with Crippen LogP contribution in [0.1, 0.15) is 44.6 Å². The van der Waals surface area contributed by atoms with E-state index in [4.69, 9.17) is 13.6 Å². The monoisotopic (exact) mass is 468 g/mol. The Hall–Kier alpha value is -3.04. The molecule has 1 aliphatic rings. The highest BCUT2D eigenvalue weighted by molar-refractivity contribution is 5.73. The van der Waals surface area contributed by atoms with Crippen molar-refractivity contribution in [2.24, 2.45) is 6.98 Å². The number of benzene rings is 1. The molecule has 2 aromatic heterocycles. The number of hydrogen-bond donors (Lipinski definition) is 1. The van der Waals surface area contributed by atoms with Crippen LogP contribution in [0.3, 0.4) is 0 Å². The van der Waals surface area contributed by atoms with E-state index in [1.165, 1.54) is 12.4 Å². The van der Waals surface area contributed by atoms with Gasteiger partial charge >= 0.3 is 0 Å². The van der Waals surface area contributed by atoms with Gasteiger partial charge in [0.25, 0.3) is 0 Å². The smallest absolute Gasteiger partial charge is 0.245 e. The van der Waals surface area contributed by atoms with Crippen molar-refractivity contribution in [1.82, 2.24) is 30.3 Å². The number of hydrogen-bond acceptors (Lipinski definition) is 8. The van der Waals surface area contributed by atoms with E-state index in [0.29, 0.717) is 28.5 Å². The largest absolute Gasteiger partial charge is 0.467 e. The van der Waals surface area contributed by atoms with Gasteiger partial charge in [-0.25, -0.2) is 4.98 Å². The van der Waals surface area contributed by atoms with E-state index in [-0.39, 0.29) is 23.9 Å². The first-order valence-corrected chi connectivity index (χ1v) is 11.3. The van der Waals surface area contributed by atoms with Crippen LogP contribution in [0.25, 0.3) is 22.4 Å². The summed E-state index contributed by atoms with van der Waals surface area (Å²) in [6, 6.07) is 5.78. The van der Waals surface area contributed by atoms with Crippen molar-refractivity contribution in [3.8, 4) is 28.1 Å². The van der Waals surface area contributed by atoms with Gasteiger partial charge in [-0.05, 0) is 58.2 Å². The molecule has 0 atom stereocenters. The molecule has 0 bridgehead atoms. The lowest BCUT2D eigenvalue weighted by molar-refractivity contribution is 0.0515. The summed E-state index contributed by atoms with van der Waals surface area (Å²) in [5.41, 5.74) is 2.66. The van der Waals surface area contributed by atoms with Gasteiger partial charge in [0.05, 0.1) is 12.4 Å². The van der Waals surface area contributed by atoms with Gasteiger partial charge in [-0.15, -0.1) is 10.2 Å². The lowest BCUT2D eigenvalue weighted by Gasteiger charge is -2.48. The summed E-state index contributed by atoms with van der Waals surface area (Å²) in [6.45, 7) is 6.57. The molecule has 9 heteroatoms. The van der Waals surface area contributed by atoms with E-state index in [1.54, 1.807) is 19.4 Å². The molecule has 3 heterocycles. The number of nitrogens with one attached hydrogen (secondary N) is 1. The maximum Gasteiger partial charge on any atom is 0.245 e. The molecule has 4 rings (SSSR count). The lowest BCUT2D eigenvalue weighted by atomic mass is 9.79. The first-order chi connectivity index (χ1) is 17.3. The number of anilines is 1. The van der Waals surface area contributed by atoms with Crippen molar-refractivity contribution in [3.05, 3.63) is 36.8 Å². The second kappa shape index (κ2) is 9.31. The van der Waals surface area contributed by atoms with Gasteiger partial charge < -0.3 is 19.7 Å². The molecular weight excluding hydrogens is 430 g/mol. The van der Waals surface area contributed by atoms with Crippen molar-refractivity contribution in [3.63, 3.8) is 0 Å². The normalized spacial score (nSPS) is 19.2. The standard InChI is InChI=1S/C25H35N7O2/c1-24(2)11-19(12-25(3,4)30-24)32(6)23-26-14-21(28-29-23)20-9-8-17(10-22(20)34-16-33-7)18-13-27-31(5)15-18/h8-10,13-15,19,30H,11-12,16H2,1-7H3/i5D3. The van der Waals surface area contributed by atoms with Crippen LogP contribution in [0.2, 0.25) is 0 Å². The van der Waals surface area contributed by atoms with Crippen LogP contribution in [0, 0.1) is 0 Å². The number of nitrogens with zero attached hydrogens (tertiary/aromatic N) is 6. The zero-order valence-electron chi connectivity index (χ0n) is 23.7. The highest BCUT2D eigenvalue weighted by Crippen LogP contribution is 2.34. The molecule has 1 fully saturated rings. The van der Waals surface area contributed by atoms with E-state index in [1.807, 2.05) is 19.2 Å². The molecule has 0 unspecified atom stereocenters. The molecule has 1 N–H and O–H groups in total. The third-order valence-electron chi connectivity index (χ3n) is 6.09. The molecule has 9 nitrogen and oxygen atoms in total. The fourth-order valence-electron chi connectivity index (χ4n) is 4.89. The number of ether oxygens (including phenoxy) is 2. The summed E-state index contributed by atoms with van der Waals surface area (Å²) >= 11 is 0. The van der Waals surface area contributed by atoms with Crippen molar-refractivity contribution in [2.75, 3.05) is 25.9 Å². The molecule has 0 saturated carbocycles. The zero-order chi connectivity index (χ0) is 27.0. The summed E-state index contributed by atoms with van der Waals surface area (Å²) in [4.78, 5) is 6.73. The number of piperidine rings is 1. The number of aromatic nitrogens is 5. The van der Waals surface area contributed by atoms with Gasteiger partial charge in [0.15, 0.2) is 6.79 Å². The van der Waals surface area contributed by atoms with Crippen LogP contribution < -0.4 is 15.0 Å². The van der Waals surface area contributed by atoms with Gasteiger partial charge in [0, 0.05) is 59.7 Å². The van der Waals surface area contributed by atoms with Crippen LogP contribution in [0.15, 0.2) is 36.8 Å². The average molecular weight is 469 g/mol. The fraction of sp³-hybridized carbons (Fsp3) is 0.520. The minimum absolute atomic E-state index is 0.00334. The SMILES string of the molecule is [2H]C([2H])([2H])n1cc(-c2ccc(-c3cnc(N(C)C4CC(C)(C)NC(C)(C)C4)nn3)c(OCOC)c2)cn1. The minimum atomic E-state index is -2.34. The van der Waals surface area contributed by atoms with E-state index in [9.17, 15) is 0 Å². The molecule has 34 heavy (non-hydrogen) atoms. The second-order valence-corrected chi connectivity index (χ2v) is 10.1. The van der Waals surface area contributed by atoms with Crippen molar-refractivity contribution < 1.29 is 13.6 Å². The number of methoxy groups -OCH3 is 1. The summed E-state index contributed by atoms with van der Waals surface area (Å²) < 4.78 is 34.5. The summed E-state index contributed by atoms with van der Waals surface area (Å²) in [7, 11) is 3.55. The highest BCUT2D eigenvalue weighted by Gasteiger charge is 2.39. The Bertz CT molecular complexity index is 1210. The van der Waals surface area contributed by atoms with Gasteiger partial charge in [-0.1, -0.05) is 6.07 Å². The predicted molar refractivity (Wildman–Crippen MR) is 133 cm³/mol. The number of rotatable bonds is 7. The Morgan fingerprint density at radius 3 is 2.53 bits per heavy atom. The summed E-state index contributed by atoms with van der Waals surface area (Å²) in [5.74, 6) is 1.08. The molecular formula is C25H35N7O2. The van der Waals surface area contributed by atoms with Gasteiger partial charge in [0.1, 0.15) is 11.4 Å². The first-order valence-electron chi connectivity index (χ1n) is 12.8. The minimum Gasteiger partial charge on any atom is -0.467 e. The zero-order valence-corrected chi connectivity index (χ0v) is 20.7. The molecule has 3 aromatic rings. The van der Waals surface area contributed by atoms with Gasteiger partial charge in [-0.3, -0.25) is 4.68 Å². The van der Waals surface area contributed by atoms with Crippen molar-refractivity contribution in [2.45, 2.75) is 57.7 Å². The van der Waals surface area contributed by atoms with E-state index < -0.39 is 6.98 Å². The maximum absolute atomic E-state index is 7.54. The quantitative estimate of drug-likeness (QED) is 0.526. The Labute approximate surface area is 205 Å². The van der Waals surface area contributed by atoms with Crippen molar-refractivity contribution in [1.29, 1.82) is 0 Å².